The van der Waals surface area contributed by atoms with Crippen LogP contribution < -0.4 is 11.0 Å². The Morgan fingerprint density at radius 3 is 2.56 bits per heavy atom. The van der Waals surface area contributed by atoms with Crippen molar-refractivity contribution >= 4 is 18.0 Å². The molecule has 0 aromatic heterocycles. The van der Waals surface area contributed by atoms with Crippen LogP contribution in [-0.2, 0) is 11.0 Å². The second kappa shape index (κ2) is 5.87. The van der Waals surface area contributed by atoms with Gasteiger partial charge in [-0.15, -0.1) is 0 Å². The highest BCUT2D eigenvalue weighted by Crippen LogP contribution is 2.42. The molecule has 1 aromatic carbocycles. The van der Waals surface area contributed by atoms with E-state index in [4.69, 9.17) is 11.0 Å². The maximum atomic E-state index is 11.1. The lowest BCUT2D eigenvalue weighted by atomic mass is 10.0. The zero-order valence-corrected chi connectivity index (χ0v) is 11.5. The second-order valence-corrected chi connectivity index (χ2v) is 8.46. The van der Waals surface area contributed by atoms with Crippen LogP contribution in [0.1, 0.15) is 23.1 Å². The Hall–Kier alpha value is -0.280. The summed E-state index contributed by atoms with van der Waals surface area (Å²) in [4.78, 5) is 0. The molecule has 0 spiro atoms. The monoisotopic (exact) mass is 258 g/mol. The van der Waals surface area contributed by atoms with Crippen LogP contribution in [0, 0.1) is 13.8 Å². The maximum Gasteiger partial charge on any atom is 0.261 e. The van der Waals surface area contributed by atoms with Crippen molar-refractivity contribution < 1.29 is 4.57 Å². The molecule has 0 amide bonds. The molecule has 4 N–H and O–H groups in total. The van der Waals surface area contributed by atoms with Gasteiger partial charge in [-0.2, -0.15) is 0 Å². The Morgan fingerprint density at radius 2 is 2.00 bits per heavy atom. The molecule has 0 atom stereocenters. The van der Waals surface area contributed by atoms with Crippen molar-refractivity contribution in [3.63, 3.8) is 0 Å². The third-order valence-electron chi connectivity index (χ3n) is 2.38. The molecule has 5 heteroatoms. The van der Waals surface area contributed by atoms with Gasteiger partial charge in [0.25, 0.3) is 6.65 Å². The lowest BCUT2D eigenvalue weighted by Crippen LogP contribution is -2.01. The number of nitrogens with two attached hydrogens (primary N) is 2. The Bertz CT molecular complexity index is 403. The van der Waals surface area contributed by atoms with E-state index in [1.54, 1.807) is 0 Å². The third-order valence-corrected chi connectivity index (χ3v) is 5.01. The maximum absolute atomic E-state index is 11.1. The zero-order valence-electron chi connectivity index (χ0n) is 9.77. The summed E-state index contributed by atoms with van der Waals surface area (Å²) in [6, 6.07) is 6.45. The molecular formula is C11H19N2OPS. The fourth-order valence-electron chi connectivity index (χ4n) is 1.60. The predicted molar refractivity (Wildman–Crippen MR) is 72.7 cm³/mol. The van der Waals surface area contributed by atoms with E-state index in [0.717, 1.165) is 18.6 Å². The van der Waals surface area contributed by atoms with Crippen molar-refractivity contribution in [2.75, 3.05) is 5.75 Å². The molecule has 0 aliphatic heterocycles. The summed E-state index contributed by atoms with van der Waals surface area (Å²) in [5.74, 6) is 0.748. The number of rotatable bonds is 5. The van der Waals surface area contributed by atoms with Crippen molar-refractivity contribution in [1.82, 2.24) is 0 Å². The molecule has 1 rings (SSSR count). The van der Waals surface area contributed by atoms with Crippen LogP contribution in [0.5, 0.6) is 0 Å². The van der Waals surface area contributed by atoms with Gasteiger partial charge in [0.05, 0.1) is 0 Å². The molecule has 0 heterocycles. The summed E-state index contributed by atoms with van der Waals surface area (Å²) in [5.41, 5.74) is 14.5. The fourth-order valence-corrected chi connectivity index (χ4v) is 3.40. The van der Waals surface area contributed by atoms with Crippen molar-refractivity contribution in [1.29, 1.82) is 0 Å². The number of hydrogen-bond donors (Lipinski definition) is 2. The van der Waals surface area contributed by atoms with Gasteiger partial charge >= 0.3 is 0 Å². The first kappa shape index (κ1) is 13.8. The predicted octanol–water partition coefficient (Wildman–Crippen LogP) is 2.99. The minimum absolute atomic E-state index is 0.748. The summed E-state index contributed by atoms with van der Waals surface area (Å²) < 4.78 is 11.1. The minimum atomic E-state index is -2.89. The Labute approximate surface area is 101 Å². The highest BCUT2D eigenvalue weighted by molar-refractivity contribution is 8.56. The molecular weight excluding hydrogens is 239 g/mol. The highest BCUT2D eigenvalue weighted by atomic mass is 32.7. The molecule has 3 nitrogen and oxygen atoms in total. The Kier molecular flexibility index (Phi) is 5.06. The smallest absolute Gasteiger partial charge is 0.261 e. The standard InChI is InChI=1S/C11H19N2OPS/c1-9-5-6-11(10(2)8-9)4-3-7-16-15(12,13)14/h5-6,8H,3-4,7H2,1-2H3,(H4,12,13,14). The molecule has 16 heavy (non-hydrogen) atoms. The summed E-state index contributed by atoms with van der Waals surface area (Å²) in [6.07, 6.45) is 1.94. The third kappa shape index (κ3) is 5.17. The van der Waals surface area contributed by atoms with E-state index in [1.807, 2.05) is 0 Å². The number of benzene rings is 1. The van der Waals surface area contributed by atoms with Gasteiger partial charge in [0.2, 0.25) is 0 Å². The van der Waals surface area contributed by atoms with Gasteiger partial charge in [-0.3, -0.25) is 15.6 Å². The van der Waals surface area contributed by atoms with Crippen molar-refractivity contribution in [2.24, 2.45) is 11.0 Å². The molecule has 0 aliphatic carbocycles. The van der Waals surface area contributed by atoms with Crippen LogP contribution >= 0.6 is 18.0 Å². The van der Waals surface area contributed by atoms with Gasteiger partial charge in [0.1, 0.15) is 0 Å². The normalized spacial score (nSPS) is 11.8. The average molecular weight is 258 g/mol. The molecule has 1 aromatic rings. The van der Waals surface area contributed by atoms with Crippen LogP contribution in [0.3, 0.4) is 0 Å². The molecule has 0 bridgehead atoms. The van der Waals surface area contributed by atoms with Crippen LogP contribution in [0.15, 0.2) is 18.2 Å². The van der Waals surface area contributed by atoms with Crippen LogP contribution in [0.2, 0.25) is 0 Å². The first-order chi connectivity index (χ1) is 7.38. The zero-order chi connectivity index (χ0) is 12.2. The van der Waals surface area contributed by atoms with E-state index in [0.29, 0.717) is 0 Å². The fraction of sp³-hybridized carbons (Fsp3) is 0.455. The quantitative estimate of drug-likeness (QED) is 0.629. The first-order valence-corrected chi connectivity index (χ1v) is 8.70. The molecule has 0 unspecified atom stereocenters. The Balaban J connectivity index is 2.41. The summed E-state index contributed by atoms with van der Waals surface area (Å²) >= 11 is 1.17. The van der Waals surface area contributed by atoms with Gasteiger partial charge < -0.3 is 0 Å². The van der Waals surface area contributed by atoms with E-state index in [1.165, 1.54) is 28.1 Å². The Morgan fingerprint density at radius 1 is 1.31 bits per heavy atom. The SMILES string of the molecule is Cc1ccc(CCCSP(N)(N)=O)c(C)c1. The molecule has 0 aliphatic rings. The van der Waals surface area contributed by atoms with E-state index >= 15 is 0 Å². The van der Waals surface area contributed by atoms with Crippen LogP contribution in [0.4, 0.5) is 0 Å². The van der Waals surface area contributed by atoms with Gasteiger partial charge in [0.15, 0.2) is 0 Å². The van der Waals surface area contributed by atoms with Crippen LogP contribution in [0.25, 0.3) is 0 Å². The average Bonchev–Trinajstić information content (AvgIpc) is 2.13. The number of aryl methyl sites for hydroxylation is 3. The summed E-state index contributed by atoms with van der Waals surface area (Å²) in [6.45, 7) is 1.32. The van der Waals surface area contributed by atoms with E-state index in [2.05, 4.69) is 32.0 Å². The highest BCUT2D eigenvalue weighted by Gasteiger charge is 2.08. The van der Waals surface area contributed by atoms with Gasteiger partial charge in [0, 0.05) is 5.75 Å². The van der Waals surface area contributed by atoms with Crippen LogP contribution in [-0.4, -0.2) is 5.75 Å². The van der Waals surface area contributed by atoms with Gasteiger partial charge in [-0.05, 0) is 37.8 Å². The van der Waals surface area contributed by atoms with E-state index < -0.39 is 6.65 Å². The van der Waals surface area contributed by atoms with Crippen molar-refractivity contribution in [3.05, 3.63) is 34.9 Å². The minimum Gasteiger partial charge on any atom is -0.277 e. The van der Waals surface area contributed by atoms with Crippen molar-refractivity contribution in [2.45, 2.75) is 26.7 Å². The molecule has 0 fully saturated rings. The van der Waals surface area contributed by atoms with E-state index in [9.17, 15) is 4.57 Å². The molecule has 0 saturated heterocycles. The van der Waals surface area contributed by atoms with Gasteiger partial charge in [-0.25, -0.2) is 0 Å². The van der Waals surface area contributed by atoms with Gasteiger partial charge in [-0.1, -0.05) is 35.1 Å². The van der Waals surface area contributed by atoms with Crippen molar-refractivity contribution in [3.8, 4) is 0 Å². The summed E-state index contributed by atoms with van der Waals surface area (Å²) in [7, 11) is 0. The molecule has 90 valence electrons. The first-order valence-electron chi connectivity index (χ1n) is 5.26. The molecule has 0 radical (unpaired) electrons. The summed E-state index contributed by atoms with van der Waals surface area (Å²) in [5, 5.41) is 0. The lowest BCUT2D eigenvalue weighted by molar-refractivity contribution is 0.586. The lowest BCUT2D eigenvalue weighted by Gasteiger charge is -2.08. The number of hydrogen-bond acceptors (Lipinski definition) is 2. The topological polar surface area (TPSA) is 69.1 Å². The molecule has 0 saturated carbocycles. The second-order valence-electron chi connectivity index (χ2n) is 4.01. The van der Waals surface area contributed by atoms with E-state index in [-0.39, 0.29) is 0 Å². The largest absolute Gasteiger partial charge is 0.277 e.